The van der Waals surface area contributed by atoms with Gasteiger partial charge in [-0.05, 0) is 43.2 Å². The molecule has 21 heavy (non-hydrogen) atoms. The number of fused-ring (bicyclic) bond motifs is 1. The van der Waals surface area contributed by atoms with E-state index < -0.39 is 0 Å². The summed E-state index contributed by atoms with van der Waals surface area (Å²) < 4.78 is 0. The SMILES string of the molecule is NCC(NC(=O)CCCc1c[nH]c2ccccc12)C1CC1. The molecule has 1 atom stereocenters. The normalized spacial score (nSPS) is 16.0. The molecule has 1 fully saturated rings. The molecule has 1 aliphatic rings. The molecule has 2 aromatic rings. The topological polar surface area (TPSA) is 70.9 Å². The summed E-state index contributed by atoms with van der Waals surface area (Å²) in [5, 5.41) is 4.33. The fourth-order valence-electron chi connectivity index (χ4n) is 2.92. The van der Waals surface area contributed by atoms with Crippen molar-refractivity contribution in [3.8, 4) is 0 Å². The first kappa shape index (κ1) is 14.1. The van der Waals surface area contributed by atoms with Gasteiger partial charge in [0.15, 0.2) is 0 Å². The van der Waals surface area contributed by atoms with Gasteiger partial charge in [-0.1, -0.05) is 18.2 Å². The van der Waals surface area contributed by atoms with Gasteiger partial charge in [0.05, 0.1) is 0 Å². The summed E-state index contributed by atoms with van der Waals surface area (Å²) in [6, 6.07) is 8.46. The number of aryl methyl sites for hydroxylation is 1. The monoisotopic (exact) mass is 285 g/mol. The van der Waals surface area contributed by atoms with Crippen molar-refractivity contribution in [1.82, 2.24) is 10.3 Å². The minimum atomic E-state index is 0.136. The summed E-state index contributed by atoms with van der Waals surface area (Å²) in [6.07, 6.45) is 6.83. The fraction of sp³-hybridized carbons (Fsp3) is 0.471. The lowest BCUT2D eigenvalue weighted by Gasteiger charge is -2.15. The maximum Gasteiger partial charge on any atom is 0.220 e. The summed E-state index contributed by atoms with van der Waals surface area (Å²) in [4.78, 5) is 15.2. The number of carbonyl (C=O) groups excluding carboxylic acids is 1. The van der Waals surface area contributed by atoms with Crippen molar-refractivity contribution in [3.63, 3.8) is 0 Å². The highest BCUT2D eigenvalue weighted by Gasteiger charge is 2.30. The first-order valence-electron chi connectivity index (χ1n) is 7.82. The average Bonchev–Trinajstić information content (AvgIpc) is 3.27. The van der Waals surface area contributed by atoms with Crippen LogP contribution in [0.15, 0.2) is 30.5 Å². The largest absolute Gasteiger partial charge is 0.361 e. The number of aromatic amines is 1. The lowest BCUT2D eigenvalue weighted by atomic mass is 10.1. The van der Waals surface area contributed by atoms with Gasteiger partial charge < -0.3 is 16.0 Å². The molecule has 4 heteroatoms. The summed E-state index contributed by atoms with van der Waals surface area (Å²) in [5.74, 6) is 0.754. The Bertz CT molecular complexity index is 615. The van der Waals surface area contributed by atoms with Crippen LogP contribution >= 0.6 is 0 Å². The van der Waals surface area contributed by atoms with Crippen molar-refractivity contribution in [2.75, 3.05) is 6.54 Å². The van der Waals surface area contributed by atoms with Crippen LogP contribution in [0.1, 0.15) is 31.2 Å². The molecule has 0 bridgehead atoms. The van der Waals surface area contributed by atoms with E-state index in [0.717, 1.165) is 18.4 Å². The van der Waals surface area contributed by atoms with E-state index >= 15 is 0 Å². The molecule has 1 saturated carbocycles. The standard InChI is InChI=1S/C17H23N3O/c18-10-16(12-8-9-12)20-17(21)7-3-4-13-11-19-15-6-2-1-5-14(13)15/h1-2,5-6,11-12,16,19H,3-4,7-10,18H2,(H,20,21). The van der Waals surface area contributed by atoms with Gasteiger partial charge in [0.1, 0.15) is 0 Å². The molecule has 0 saturated heterocycles. The van der Waals surface area contributed by atoms with Crippen LogP contribution in [0.5, 0.6) is 0 Å². The first-order valence-corrected chi connectivity index (χ1v) is 7.82. The van der Waals surface area contributed by atoms with Gasteiger partial charge in [0, 0.05) is 36.1 Å². The molecule has 4 nitrogen and oxygen atoms in total. The zero-order chi connectivity index (χ0) is 14.7. The summed E-state index contributed by atoms with van der Waals surface area (Å²) in [5.41, 5.74) is 8.16. The maximum absolute atomic E-state index is 12.0. The molecule has 3 rings (SSSR count). The van der Waals surface area contributed by atoms with Crippen LogP contribution in [-0.4, -0.2) is 23.5 Å². The van der Waals surface area contributed by atoms with Crippen LogP contribution in [0.25, 0.3) is 10.9 Å². The molecule has 1 aliphatic carbocycles. The maximum atomic E-state index is 12.0. The van der Waals surface area contributed by atoms with Gasteiger partial charge in [-0.15, -0.1) is 0 Å². The highest BCUT2D eigenvalue weighted by atomic mass is 16.1. The van der Waals surface area contributed by atoms with E-state index in [1.807, 2.05) is 12.1 Å². The van der Waals surface area contributed by atoms with E-state index in [2.05, 4.69) is 28.6 Å². The summed E-state index contributed by atoms with van der Waals surface area (Å²) in [7, 11) is 0. The Hall–Kier alpha value is -1.81. The number of hydrogen-bond acceptors (Lipinski definition) is 2. The number of aromatic nitrogens is 1. The lowest BCUT2D eigenvalue weighted by Crippen LogP contribution is -2.41. The molecule has 0 radical (unpaired) electrons. The Morgan fingerprint density at radius 1 is 1.38 bits per heavy atom. The summed E-state index contributed by atoms with van der Waals surface area (Å²) >= 11 is 0. The van der Waals surface area contributed by atoms with Gasteiger partial charge in [-0.25, -0.2) is 0 Å². The number of H-pyrrole nitrogens is 1. The van der Waals surface area contributed by atoms with Crippen LogP contribution in [0.2, 0.25) is 0 Å². The van der Waals surface area contributed by atoms with E-state index in [1.54, 1.807) is 0 Å². The second-order valence-corrected chi connectivity index (χ2v) is 5.96. The highest BCUT2D eigenvalue weighted by molar-refractivity contribution is 5.83. The number of para-hydroxylation sites is 1. The number of hydrogen-bond donors (Lipinski definition) is 3. The van der Waals surface area contributed by atoms with Gasteiger partial charge in [0.25, 0.3) is 0 Å². The quantitative estimate of drug-likeness (QED) is 0.730. The molecular weight excluding hydrogens is 262 g/mol. The van der Waals surface area contributed by atoms with Crippen LogP contribution < -0.4 is 11.1 Å². The van der Waals surface area contributed by atoms with Crippen molar-refractivity contribution in [2.24, 2.45) is 11.7 Å². The van der Waals surface area contributed by atoms with Gasteiger partial charge in [-0.2, -0.15) is 0 Å². The number of nitrogens with two attached hydrogens (primary N) is 1. The number of amides is 1. The third kappa shape index (κ3) is 3.45. The Balaban J connectivity index is 1.48. The van der Waals surface area contributed by atoms with Crippen molar-refractivity contribution >= 4 is 16.8 Å². The lowest BCUT2D eigenvalue weighted by molar-refractivity contribution is -0.122. The number of nitrogens with one attached hydrogen (secondary N) is 2. The minimum Gasteiger partial charge on any atom is -0.361 e. The average molecular weight is 285 g/mol. The number of rotatable bonds is 7. The smallest absolute Gasteiger partial charge is 0.220 e. The second-order valence-electron chi connectivity index (χ2n) is 5.96. The van der Waals surface area contributed by atoms with Crippen molar-refractivity contribution in [1.29, 1.82) is 0 Å². The predicted octanol–water partition coefficient (Wildman–Crippen LogP) is 2.34. The Morgan fingerprint density at radius 2 is 2.19 bits per heavy atom. The van der Waals surface area contributed by atoms with Crippen LogP contribution in [0, 0.1) is 5.92 Å². The minimum absolute atomic E-state index is 0.136. The zero-order valence-electron chi connectivity index (χ0n) is 12.3. The third-order valence-corrected chi connectivity index (χ3v) is 4.32. The molecule has 4 N–H and O–H groups in total. The molecule has 1 aromatic heterocycles. The highest BCUT2D eigenvalue weighted by Crippen LogP contribution is 2.32. The summed E-state index contributed by atoms with van der Waals surface area (Å²) in [6.45, 7) is 0.554. The zero-order valence-corrected chi connectivity index (χ0v) is 12.3. The molecule has 1 unspecified atom stereocenters. The molecule has 0 spiro atoms. The van der Waals surface area contributed by atoms with E-state index in [0.29, 0.717) is 18.9 Å². The Morgan fingerprint density at radius 3 is 2.95 bits per heavy atom. The van der Waals surface area contributed by atoms with E-state index in [1.165, 1.54) is 23.8 Å². The van der Waals surface area contributed by atoms with Crippen LogP contribution in [0.4, 0.5) is 0 Å². The first-order chi connectivity index (χ1) is 10.3. The van der Waals surface area contributed by atoms with Gasteiger partial charge in [-0.3, -0.25) is 4.79 Å². The van der Waals surface area contributed by atoms with E-state index in [9.17, 15) is 4.79 Å². The van der Waals surface area contributed by atoms with Crippen molar-refractivity contribution < 1.29 is 4.79 Å². The van der Waals surface area contributed by atoms with Crippen molar-refractivity contribution in [2.45, 2.75) is 38.1 Å². The number of benzene rings is 1. The van der Waals surface area contributed by atoms with Crippen molar-refractivity contribution in [3.05, 3.63) is 36.0 Å². The van der Waals surface area contributed by atoms with E-state index in [4.69, 9.17) is 5.73 Å². The molecule has 1 amide bonds. The van der Waals surface area contributed by atoms with Crippen LogP contribution in [-0.2, 0) is 11.2 Å². The second kappa shape index (κ2) is 6.31. The molecule has 0 aliphatic heterocycles. The molecular formula is C17H23N3O. The Labute approximate surface area is 125 Å². The molecule has 1 aromatic carbocycles. The fourth-order valence-corrected chi connectivity index (χ4v) is 2.92. The van der Waals surface area contributed by atoms with E-state index in [-0.39, 0.29) is 11.9 Å². The third-order valence-electron chi connectivity index (χ3n) is 4.32. The molecule has 1 heterocycles. The number of carbonyl (C=O) groups is 1. The Kier molecular flexibility index (Phi) is 4.25. The predicted molar refractivity (Wildman–Crippen MR) is 84.9 cm³/mol. The van der Waals surface area contributed by atoms with Gasteiger partial charge >= 0.3 is 0 Å². The van der Waals surface area contributed by atoms with Crippen LogP contribution in [0.3, 0.4) is 0 Å². The molecule has 112 valence electrons. The van der Waals surface area contributed by atoms with Gasteiger partial charge in [0.2, 0.25) is 5.91 Å².